The molecule has 1 atom stereocenters. The molecule has 0 aliphatic carbocycles. The normalized spacial score (nSPS) is 25.8. The number of piperidine rings is 1. The van der Waals surface area contributed by atoms with E-state index in [-0.39, 0.29) is 0 Å². The maximum absolute atomic E-state index is 5.39. The Morgan fingerprint density at radius 1 is 1.18 bits per heavy atom. The number of ether oxygens (including phenoxy) is 1. The van der Waals surface area contributed by atoms with Crippen molar-refractivity contribution in [1.29, 1.82) is 0 Å². The lowest BCUT2D eigenvalue weighted by Gasteiger charge is -2.39. The van der Waals surface area contributed by atoms with E-state index in [1.54, 1.807) is 0 Å². The molecule has 122 valence electrons. The zero-order valence-corrected chi connectivity index (χ0v) is 14.1. The predicted molar refractivity (Wildman–Crippen MR) is 91.2 cm³/mol. The highest BCUT2D eigenvalue weighted by Crippen LogP contribution is 2.42. The third-order valence-corrected chi connectivity index (χ3v) is 5.71. The third-order valence-electron chi connectivity index (χ3n) is 5.71. The Hall–Kier alpha value is -0.900. The monoisotopic (exact) mass is 302 g/mol. The molecule has 3 rings (SSSR count). The lowest BCUT2D eigenvalue weighted by molar-refractivity contribution is 0.110. The maximum Gasteiger partial charge on any atom is 0.0618 e. The average molecular weight is 302 g/mol. The second kappa shape index (κ2) is 7.12. The quantitative estimate of drug-likeness (QED) is 0.832. The van der Waals surface area contributed by atoms with Crippen LogP contribution in [-0.2, 0) is 11.2 Å². The molecule has 3 heteroatoms. The van der Waals surface area contributed by atoms with Crippen molar-refractivity contribution in [3.05, 3.63) is 35.9 Å². The zero-order valence-electron chi connectivity index (χ0n) is 14.1. The maximum atomic E-state index is 5.39. The average Bonchev–Trinajstić information content (AvgIpc) is 2.84. The Kier molecular flexibility index (Phi) is 5.17. The summed E-state index contributed by atoms with van der Waals surface area (Å²) in [5, 5.41) is 0. The molecule has 2 aliphatic rings. The molecule has 1 spiro atoms. The van der Waals surface area contributed by atoms with Crippen molar-refractivity contribution < 1.29 is 4.74 Å². The van der Waals surface area contributed by atoms with Gasteiger partial charge in [-0.15, -0.1) is 0 Å². The molecular weight excluding hydrogens is 272 g/mol. The van der Waals surface area contributed by atoms with E-state index < -0.39 is 0 Å². The van der Waals surface area contributed by atoms with Crippen molar-refractivity contribution in [1.82, 2.24) is 9.80 Å². The van der Waals surface area contributed by atoms with Crippen LogP contribution in [0.5, 0.6) is 0 Å². The van der Waals surface area contributed by atoms with E-state index in [9.17, 15) is 0 Å². The van der Waals surface area contributed by atoms with Gasteiger partial charge in [0.2, 0.25) is 0 Å². The first kappa shape index (κ1) is 16.0. The van der Waals surface area contributed by atoms with Crippen LogP contribution in [0, 0.1) is 5.41 Å². The van der Waals surface area contributed by atoms with Crippen molar-refractivity contribution in [3.63, 3.8) is 0 Å². The standard InChI is InChI=1S/C19H30N2O/c1-20-16-19(14-18(20)15-22-2)9-12-21(13-10-19)11-8-17-6-4-3-5-7-17/h3-7,18H,8-16H2,1-2H3. The SMILES string of the molecule is COCC1CC2(CCN(CCc3ccccc3)CC2)CN1C. The Morgan fingerprint density at radius 2 is 1.91 bits per heavy atom. The van der Waals surface area contributed by atoms with Crippen LogP contribution < -0.4 is 0 Å². The van der Waals surface area contributed by atoms with E-state index >= 15 is 0 Å². The molecule has 1 unspecified atom stereocenters. The molecule has 0 bridgehead atoms. The van der Waals surface area contributed by atoms with Gasteiger partial charge in [-0.3, -0.25) is 0 Å². The topological polar surface area (TPSA) is 15.7 Å². The van der Waals surface area contributed by atoms with Crippen LogP contribution >= 0.6 is 0 Å². The molecular formula is C19H30N2O. The Bertz CT molecular complexity index is 454. The fraction of sp³-hybridized carbons (Fsp3) is 0.684. The van der Waals surface area contributed by atoms with E-state index in [0.717, 1.165) is 6.61 Å². The van der Waals surface area contributed by atoms with Gasteiger partial charge in [0.1, 0.15) is 0 Å². The smallest absolute Gasteiger partial charge is 0.0618 e. The van der Waals surface area contributed by atoms with Gasteiger partial charge in [-0.25, -0.2) is 0 Å². The summed E-state index contributed by atoms with van der Waals surface area (Å²) in [6.45, 7) is 5.88. The molecule has 0 radical (unpaired) electrons. The van der Waals surface area contributed by atoms with Crippen molar-refractivity contribution in [3.8, 4) is 0 Å². The first-order valence-electron chi connectivity index (χ1n) is 8.66. The summed E-state index contributed by atoms with van der Waals surface area (Å²) in [6.07, 6.45) is 5.21. The van der Waals surface area contributed by atoms with Gasteiger partial charge in [-0.05, 0) is 56.8 Å². The van der Waals surface area contributed by atoms with Gasteiger partial charge in [0.25, 0.3) is 0 Å². The highest BCUT2D eigenvalue weighted by molar-refractivity contribution is 5.15. The minimum absolute atomic E-state index is 0.557. The van der Waals surface area contributed by atoms with E-state index in [4.69, 9.17) is 4.74 Å². The molecule has 2 heterocycles. The Labute approximate surface area is 135 Å². The van der Waals surface area contributed by atoms with Crippen molar-refractivity contribution >= 4 is 0 Å². The minimum atomic E-state index is 0.557. The van der Waals surface area contributed by atoms with Gasteiger partial charge in [0.05, 0.1) is 6.61 Å². The van der Waals surface area contributed by atoms with E-state index in [0.29, 0.717) is 11.5 Å². The molecule has 0 amide bonds. The first-order chi connectivity index (χ1) is 10.7. The van der Waals surface area contributed by atoms with Crippen LogP contribution in [0.4, 0.5) is 0 Å². The molecule has 22 heavy (non-hydrogen) atoms. The third kappa shape index (κ3) is 3.70. The highest BCUT2D eigenvalue weighted by Gasteiger charge is 2.43. The largest absolute Gasteiger partial charge is 0.383 e. The molecule has 0 aromatic heterocycles. The van der Waals surface area contributed by atoms with Crippen molar-refractivity contribution in [2.24, 2.45) is 5.41 Å². The summed E-state index contributed by atoms with van der Waals surface area (Å²) in [5.74, 6) is 0. The number of nitrogens with zero attached hydrogens (tertiary/aromatic N) is 2. The van der Waals surface area contributed by atoms with Crippen LogP contribution in [0.3, 0.4) is 0 Å². The molecule has 2 fully saturated rings. The van der Waals surface area contributed by atoms with Crippen LogP contribution in [0.1, 0.15) is 24.8 Å². The molecule has 0 saturated carbocycles. The summed E-state index contributed by atoms with van der Waals surface area (Å²) in [4.78, 5) is 5.17. The Balaban J connectivity index is 1.46. The van der Waals surface area contributed by atoms with Crippen molar-refractivity contribution in [2.75, 3.05) is 46.9 Å². The summed E-state index contributed by atoms with van der Waals surface area (Å²) >= 11 is 0. The molecule has 2 saturated heterocycles. The highest BCUT2D eigenvalue weighted by atomic mass is 16.5. The van der Waals surface area contributed by atoms with Gasteiger partial charge in [-0.2, -0.15) is 0 Å². The summed E-state index contributed by atoms with van der Waals surface area (Å²) in [5.41, 5.74) is 2.02. The second-order valence-electron chi connectivity index (χ2n) is 7.31. The van der Waals surface area contributed by atoms with Crippen molar-refractivity contribution in [2.45, 2.75) is 31.7 Å². The van der Waals surface area contributed by atoms with Gasteiger partial charge in [0.15, 0.2) is 0 Å². The minimum Gasteiger partial charge on any atom is -0.383 e. The van der Waals surface area contributed by atoms with Crippen LogP contribution in [0.2, 0.25) is 0 Å². The van der Waals surface area contributed by atoms with Gasteiger partial charge in [0, 0.05) is 26.2 Å². The van der Waals surface area contributed by atoms with Crippen LogP contribution in [0.25, 0.3) is 0 Å². The van der Waals surface area contributed by atoms with E-state index in [1.165, 1.54) is 57.4 Å². The lowest BCUT2D eigenvalue weighted by atomic mass is 9.76. The molecule has 0 N–H and O–H groups in total. The fourth-order valence-electron chi connectivity index (χ4n) is 4.30. The number of hydrogen-bond donors (Lipinski definition) is 0. The van der Waals surface area contributed by atoms with Gasteiger partial charge >= 0.3 is 0 Å². The predicted octanol–water partition coefficient (Wildman–Crippen LogP) is 2.66. The number of likely N-dealkylation sites (N-methyl/N-ethyl adjacent to an activating group) is 1. The van der Waals surface area contributed by atoms with Gasteiger partial charge in [-0.1, -0.05) is 30.3 Å². The number of rotatable bonds is 5. The number of likely N-dealkylation sites (tertiary alicyclic amines) is 2. The number of benzene rings is 1. The van der Waals surface area contributed by atoms with E-state index in [1.807, 2.05) is 7.11 Å². The Morgan fingerprint density at radius 3 is 2.59 bits per heavy atom. The summed E-state index contributed by atoms with van der Waals surface area (Å²) in [6, 6.07) is 11.5. The van der Waals surface area contributed by atoms with E-state index in [2.05, 4.69) is 47.2 Å². The van der Waals surface area contributed by atoms with Gasteiger partial charge < -0.3 is 14.5 Å². The number of methoxy groups -OCH3 is 1. The fourth-order valence-corrected chi connectivity index (χ4v) is 4.30. The second-order valence-corrected chi connectivity index (χ2v) is 7.31. The molecule has 1 aromatic carbocycles. The van der Waals surface area contributed by atoms with Crippen LogP contribution in [0.15, 0.2) is 30.3 Å². The number of hydrogen-bond acceptors (Lipinski definition) is 3. The molecule has 2 aliphatic heterocycles. The van der Waals surface area contributed by atoms with Crippen LogP contribution in [-0.4, -0.2) is 62.8 Å². The zero-order chi connectivity index (χ0) is 15.4. The summed E-state index contributed by atoms with van der Waals surface area (Å²) in [7, 11) is 4.09. The first-order valence-corrected chi connectivity index (χ1v) is 8.66. The molecule has 1 aromatic rings. The summed E-state index contributed by atoms with van der Waals surface area (Å²) < 4.78 is 5.39. The molecule has 3 nitrogen and oxygen atoms in total. The lowest BCUT2D eigenvalue weighted by Crippen LogP contribution is -2.42.